The molecule has 2 aromatic carbocycles. The number of ketones is 1. The lowest BCUT2D eigenvalue weighted by Crippen LogP contribution is -2.02. The molecule has 0 bridgehead atoms. The van der Waals surface area contributed by atoms with E-state index in [-0.39, 0.29) is 22.8 Å². The van der Waals surface area contributed by atoms with Crippen molar-refractivity contribution in [3.8, 4) is 17.2 Å². The second-order valence-electron chi connectivity index (χ2n) is 5.57. The second kappa shape index (κ2) is 6.73. The highest BCUT2D eigenvalue weighted by molar-refractivity contribution is 6.15. The van der Waals surface area contributed by atoms with E-state index in [9.17, 15) is 9.90 Å². The van der Waals surface area contributed by atoms with Crippen molar-refractivity contribution in [2.45, 2.75) is 6.92 Å². The summed E-state index contributed by atoms with van der Waals surface area (Å²) in [6.07, 6.45) is 4.55. The SMILES string of the molecule is COc1c(C(=O)/C=C/c2cccc(C)c2)c(O)c(OC)c2occc12. The monoisotopic (exact) mass is 338 g/mol. The minimum absolute atomic E-state index is 0.0390. The van der Waals surface area contributed by atoms with Gasteiger partial charge < -0.3 is 19.0 Å². The molecule has 0 saturated carbocycles. The molecule has 0 spiro atoms. The molecule has 3 aromatic rings. The van der Waals surface area contributed by atoms with Crippen LogP contribution >= 0.6 is 0 Å². The van der Waals surface area contributed by atoms with Gasteiger partial charge in [-0.3, -0.25) is 4.79 Å². The fourth-order valence-corrected chi connectivity index (χ4v) is 2.79. The number of methoxy groups -OCH3 is 2. The van der Waals surface area contributed by atoms with Crippen molar-refractivity contribution in [2.75, 3.05) is 14.2 Å². The van der Waals surface area contributed by atoms with Gasteiger partial charge in [0.2, 0.25) is 5.75 Å². The van der Waals surface area contributed by atoms with Crippen LogP contribution in [0.25, 0.3) is 17.0 Å². The first-order valence-electron chi connectivity index (χ1n) is 7.70. The highest BCUT2D eigenvalue weighted by Crippen LogP contribution is 2.45. The number of carbonyl (C=O) groups is 1. The Bertz CT molecular complexity index is 966. The smallest absolute Gasteiger partial charge is 0.205 e. The second-order valence-corrected chi connectivity index (χ2v) is 5.57. The summed E-state index contributed by atoms with van der Waals surface area (Å²) in [5.41, 5.74) is 2.35. The molecule has 0 fully saturated rings. The third-order valence-corrected chi connectivity index (χ3v) is 3.92. The standard InChI is InChI=1S/C20H18O5/c1-12-5-4-6-13(11-12)7-8-15(21)16-17(22)20(24-3)19-14(9-10-25-19)18(16)23-2/h4-11,22H,1-3H3/b8-7+. The summed E-state index contributed by atoms with van der Waals surface area (Å²) in [6.45, 7) is 1.98. The number of aromatic hydroxyl groups is 1. The minimum Gasteiger partial charge on any atom is -0.504 e. The van der Waals surface area contributed by atoms with E-state index in [1.165, 1.54) is 26.6 Å². The molecule has 3 rings (SSSR count). The first-order chi connectivity index (χ1) is 12.1. The van der Waals surface area contributed by atoms with Gasteiger partial charge in [0.15, 0.2) is 17.1 Å². The number of rotatable bonds is 5. The van der Waals surface area contributed by atoms with Crippen LogP contribution in [0.5, 0.6) is 17.2 Å². The number of furan rings is 1. The number of hydrogen-bond acceptors (Lipinski definition) is 5. The minimum atomic E-state index is -0.391. The van der Waals surface area contributed by atoms with Crippen LogP contribution in [0.1, 0.15) is 21.5 Å². The van der Waals surface area contributed by atoms with E-state index in [0.29, 0.717) is 11.0 Å². The molecule has 0 atom stereocenters. The number of benzene rings is 2. The molecule has 0 aliphatic rings. The summed E-state index contributed by atoms with van der Waals surface area (Å²) in [6, 6.07) is 9.41. The zero-order valence-electron chi connectivity index (χ0n) is 14.2. The number of hydrogen-bond donors (Lipinski definition) is 1. The van der Waals surface area contributed by atoms with Gasteiger partial charge >= 0.3 is 0 Å². The van der Waals surface area contributed by atoms with Gasteiger partial charge in [-0.25, -0.2) is 0 Å². The molecular weight excluding hydrogens is 320 g/mol. The zero-order valence-corrected chi connectivity index (χ0v) is 14.2. The lowest BCUT2D eigenvalue weighted by atomic mass is 10.0. The van der Waals surface area contributed by atoms with Crippen LogP contribution in [0.15, 0.2) is 47.1 Å². The van der Waals surface area contributed by atoms with E-state index in [4.69, 9.17) is 13.9 Å². The number of fused-ring (bicyclic) bond motifs is 1. The Hall–Kier alpha value is -3.21. The molecule has 1 N–H and O–H groups in total. The number of allylic oxidation sites excluding steroid dienone is 1. The maximum atomic E-state index is 12.7. The number of phenolic OH excluding ortho intramolecular Hbond substituents is 1. The lowest BCUT2D eigenvalue weighted by Gasteiger charge is -2.13. The van der Waals surface area contributed by atoms with E-state index in [1.54, 1.807) is 12.1 Å². The van der Waals surface area contributed by atoms with Crippen molar-refractivity contribution in [3.05, 3.63) is 59.4 Å². The lowest BCUT2D eigenvalue weighted by molar-refractivity contribution is 0.104. The van der Waals surface area contributed by atoms with Gasteiger partial charge in [0.1, 0.15) is 11.3 Å². The summed E-state index contributed by atoms with van der Waals surface area (Å²) < 4.78 is 15.9. The predicted molar refractivity (Wildman–Crippen MR) is 95.5 cm³/mol. The van der Waals surface area contributed by atoms with Crippen molar-refractivity contribution in [3.63, 3.8) is 0 Å². The van der Waals surface area contributed by atoms with Crippen molar-refractivity contribution in [1.29, 1.82) is 0 Å². The van der Waals surface area contributed by atoms with E-state index >= 15 is 0 Å². The molecule has 0 amide bonds. The first-order valence-corrected chi connectivity index (χ1v) is 7.70. The third-order valence-electron chi connectivity index (χ3n) is 3.92. The maximum absolute atomic E-state index is 12.7. The van der Waals surface area contributed by atoms with Gasteiger partial charge in [-0.15, -0.1) is 0 Å². The highest BCUT2D eigenvalue weighted by atomic mass is 16.5. The van der Waals surface area contributed by atoms with Crippen LogP contribution in [0.4, 0.5) is 0 Å². The number of aryl methyl sites for hydroxylation is 1. The Kier molecular flexibility index (Phi) is 4.48. The van der Waals surface area contributed by atoms with E-state index in [2.05, 4.69) is 0 Å². The summed E-state index contributed by atoms with van der Waals surface area (Å²) in [5.74, 6) is -0.341. The maximum Gasteiger partial charge on any atom is 0.205 e. The number of phenols is 1. The molecule has 0 unspecified atom stereocenters. The molecule has 1 heterocycles. The van der Waals surface area contributed by atoms with Crippen LogP contribution in [0.3, 0.4) is 0 Å². The topological polar surface area (TPSA) is 68.9 Å². The van der Waals surface area contributed by atoms with Crippen LogP contribution in [-0.2, 0) is 0 Å². The van der Waals surface area contributed by atoms with Crippen LogP contribution in [0, 0.1) is 6.92 Å². The summed E-state index contributed by atoms with van der Waals surface area (Å²) in [7, 11) is 2.84. The zero-order chi connectivity index (χ0) is 18.0. The molecular formula is C20H18O5. The molecule has 128 valence electrons. The van der Waals surface area contributed by atoms with E-state index in [1.807, 2.05) is 31.2 Å². The van der Waals surface area contributed by atoms with Crippen LogP contribution in [-0.4, -0.2) is 25.1 Å². The Morgan fingerprint density at radius 3 is 2.60 bits per heavy atom. The van der Waals surface area contributed by atoms with Gasteiger partial charge in [-0.05, 0) is 24.6 Å². The average molecular weight is 338 g/mol. The highest BCUT2D eigenvalue weighted by Gasteiger charge is 2.26. The van der Waals surface area contributed by atoms with Crippen molar-refractivity contribution in [2.24, 2.45) is 0 Å². The number of ether oxygens (including phenoxy) is 2. The van der Waals surface area contributed by atoms with Crippen LogP contribution < -0.4 is 9.47 Å². The molecule has 5 nitrogen and oxygen atoms in total. The quantitative estimate of drug-likeness (QED) is 0.553. The summed E-state index contributed by atoms with van der Waals surface area (Å²) in [4.78, 5) is 12.7. The van der Waals surface area contributed by atoms with Crippen molar-refractivity contribution < 1.29 is 23.8 Å². The molecule has 0 radical (unpaired) electrons. The average Bonchev–Trinajstić information content (AvgIpc) is 3.08. The van der Waals surface area contributed by atoms with Gasteiger partial charge in [-0.2, -0.15) is 0 Å². The summed E-state index contributed by atoms with van der Waals surface area (Å²) >= 11 is 0. The van der Waals surface area contributed by atoms with Crippen LogP contribution in [0.2, 0.25) is 0 Å². The first kappa shape index (κ1) is 16.6. The predicted octanol–water partition coefficient (Wildman–Crippen LogP) is 4.36. The molecule has 5 heteroatoms. The Balaban J connectivity index is 2.10. The molecule has 0 aliphatic carbocycles. The molecule has 25 heavy (non-hydrogen) atoms. The molecule has 1 aromatic heterocycles. The Labute approximate surface area is 145 Å². The van der Waals surface area contributed by atoms with Gasteiger partial charge in [0, 0.05) is 0 Å². The summed E-state index contributed by atoms with van der Waals surface area (Å²) in [5, 5.41) is 11.1. The normalized spacial score (nSPS) is 11.2. The van der Waals surface area contributed by atoms with Crippen molar-refractivity contribution in [1.82, 2.24) is 0 Å². The Morgan fingerprint density at radius 2 is 1.92 bits per heavy atom. The van der Waals surface area contributed by atoms with Gasteiger partial charge in [-0.1, -0.05) is 35.9 Å². The van der Waals surface area contributed by atoms with E-state index < -0.39 is 5.78 Å². The largest absolute Gasteiger partial charge is 0.504 e. The number of carbonyl (C=O) groups excluding carboxylic acids is 1. The molecule has 0 aliphatic heterocycles. The van der Waals surface area contributed by atoms with Gasteiger partial charge in [0.05, 0.1) is 25.9 Å². The van der Waals surface area contributed by atoms with Crippen molar-refractivity contribution >= 4 is 22.8 Å². The Morgan fingerprint density at radius 1 is 1.16 bits per heavy atom. The van der Waals surface area contributed by atoms with Gasteiger partial charge in [0.25, 0.3) is 0 Å². The third kappa shape index (κ3) is 2.96. The van der Waals surface area contributed by atoms with E-state index in [0.717, 1.165) is 11.1 Å². The molecule has 0 saturated heterocycles. The fourth-order valence-electron chi connectivity index (χ4n) is 2.79. The fraction of sp³-hybridized carbons (Fsp3) is 0.150.